The summed E-state index contributed by atoms with van der Waals surface area (Å²) in [5.41, 5.74) is 0. The van der Waals surface area contributed by atoms with E-state index >= 15 is 0 Å². The van der Waals surface area contributed by atoms with E-state index in [0.717, 1.165) is 11.5 Å². The molecule has 3 heteroatoms. The van der Waals surface area contributed by atoms with E-state index in [1.807, 2.05) is 12.1 Å². The van der Waals surface area contributed by atoms with Crippen LogP contribution in [-0.4, -0.2) is 17.3 Å². The summed E-state index contributed by atoms with van der Waals surface area (Å²) in [7, 11) is 0. The van der Waals surface area contributed by atoms with Crippen LogP contribution >= 0.6 is 12.6 Å². The summed E-state index contributed by atoms with van der Waals surface area (Å²) in [6.45, 7) is 5.09. The molecule has 0 saturated heterocycles. The van der Waals surface area contributed by atoms with Crippen LogP contribution in [0.3, 0.4) is 0 Å². The topological polar surface area (TPSA) is 22.1 Å². The van der Waals surface area contributed by atoms with Gasteiger partial charge in [-0.3, -0.25) is 4.98 Å². The first-order chi connectivity index (χ1) is 6.74. The van der Waals surface area contributed by atoms with Crippen molar-refractivity contribution in [3.63, 3.8) is 0 Å². The minimum atomic E-state index is 0.499. The summed E-state index contributed by atoms with van der Waals surface area (Å²) in [5, 5.41) is 0. The van der Waals surface area contributed by atoms with Gasteiger partial charge >= 0.3 is 0 Å². The molecule has 0 bridgehead atoms. The highest BCUT2D eigenvalue weighted by atomic mass is 32.1. The molecule has 2 nitrogen and oxygen atoms in total. The van der Waals surface area contributed by atoms with Gasteiger partial charge in [0.15, 0.2) is 0 Å². The third-order valence-electron chi connectivity index (χ3n) is 2.28. The van der Waals surface area contributed by atoms with Crippen molar-refractivity contribution >= 4 is 12.6 Å². The van der Waals surface area contributed by atoms with Gasteiger partial charge in [0.25, 0.3) is 0 Å². The lowest BCUT2D eigenvalue weighted by molar-refractivity contribution is 0.226. The van der Waals surface area contributed by atoms with Gasteiger partial charge in [-0.15, -0.1) is 0 Å². The molecule has 0 aliphatic rings. The second-order valence-corrected chi connectivity index (χ2v) is 4.05. The third-order valence-corrected chi connectivity index (χ3v) is 2.74. The van der Waals surface area contributed by atoms with Gasteiger partial charge in [0.05, 0.1) is 12.8 Å². The molecule has 0 radical (unpaired) electrons. The van der Waals surface area contributed by atoms with Gasteiger partial charge in [0.1, 0.15) is 5.75 Å². The molecule has 0 aliphatic carbocycles. The van der Waals surface area contributed by atoms with E-state index in [-0.39, 0.29) is 0 Å². The predicted octanol–water partition coefficient (Wildman–Crippen LogP) is 2.66. The van der Waals surface area contributed by atoms with Crippen molar-refractivity contribution in [3.05, 3.63) is 24.5 Å². The van der Waals surface area contributed by atoms with Gasteiger partial charge in [-0.1, -0.05) is 13.8 Å². The van der Waals surface area contributed by atoms with Gasteiger partial charge in [0.2, 0.25) is 0 Å². The van der Waals surface area contributed by atoms with Crippen LogP contribution in [0.15, 0.2) is 24.5 Å². The first-order valence-electron chi connectivity index (χ1n) is 4.87. The highest BCUT2D eigenvalue weighted by Gasteiger charge is 2.11. The third kappa shape index (κ3) is 3.58. The van der Waals surface area contributed by atoms with E-state index in [9.17, 15) is 0 Å². The quantitative estimate of drug-likeness (QED) is 0.756. The zero-order valence-corrected chi connectivity index (χ0v) is 9.58. The Bertz CT molecular complexity index is 251. The van der Waals surface area contributed by atoms with E-state index in [4.69, 9.17) is 4.74 Å². The van der Waals surface area contributed by atoms with Crippen LogP contribution in [0.1, 0.15) is 13.8 Å². The summed E-state index contributed by atoms with van der Waals surface area (Å²) in [6.07, 6.45) is 3.47. The number of nitrogens with zero attached hydrogens (tertiary/aromatic N) is 1. The number of aromatic nitrogens is 1. The maximum absolute atomic E-state index is 5.61. The Kier molecular flexibility index (Phi) is 4.80. The number of hydrogen-bond donors (Lipinski definition) is 1. The average molecular weight is 211 g/mol. The lowest BCUT2D eigenvalue weighted by Crippen LogP contribution is -2.19. The Morgan fingerprint density at radius 1 is 1.50 bits per heavy atom. The molecule has 1 heterocycles. The van der Waals surface area contributed by atoms with Crippen molar-refractivity contribution < 1.29 is 4.74 Å². The highest BCUT2D eigenvalue weighted by Crippen LogP contribution is 2.15. The van der Waals surface area contributed by atoms with Crippen LogP contribution in [0.2, 0.25) is 0 Å². The molecule has 1 atom stereocenters. The second-order valence-electron chi connectivity index (χ2n) is 3.69. The molecule has 0 spiro atoms. The van der Waals surface area contributed by atoms with Crippen LogP contribution in [0.25, 0.3) is 0 Å². The van der Waals surface area contributed by atoms with Crippen molar-refractivity contribution in [3.8, 4) is 5.75 Å². The second kappa shape index (κ2) is 5.91. The molecule has 14 heavy (non-hydrogen) atoms. The molecule has 0 amide bonds. The Balaban J connectivity index is 2.40. The Labute approximate surface area is 91.1 Å². The molecule has 0 N–H and O–H groups in total. The zero-order chi connectivity index (χ0) is 10.4. The highest BCUT2D eigenvalue weighted by molar-refractivity contribution is 7.80. The van der Waals surface area contributed by atoms with Crippen LogP contribution in [0.5, 0.6) is 5.75 Å². The largest absolute Gasteiger partial charge is 0.492 e. The molecule has 78 valence electrons. The Hall–Kier alpha value is -0.700. The molecular formula is C11H17NOS. The van der Waals surface area contributed by atoms with E-state index in [0.29, 0.717) is 18.4 Å². The number of pyridine rings is 1. The molecule has 0 aromatic carbocycles. The molecule has 1 aromatic rings. The molecular weight excluding hydrogens is 194 g/mol. The zero-order valence-electron chi connectivity index (χ0n) is 8.68. The normalized spacial score (nSPS) is 12.9. The van der Waals surface area contributed by atoms with Crippen molar-refractivity contribution in [2.24, 2.45) is 11.8 Å². The van der Waals surface area contributed by atoms with E-state index in [1.165, 1.54) is 0 Å². The minimum absolute atomic E-state index is 0.499. The van der Waals surface area contributed by atoms with Crippen LogP contribution in [0.4, 0.5) is 0 Å². The monoisotopic (exact) mass is 211 g/mol. The van der Waals surface area contributed by atoms with Crippen LogP contribution < -0.4 is 4.74 Å². The molecule has 1 unspecified atom stereocenters. The fraction of sp³-hybridized carbons (Fsp3) is 0.545. The molecule has 0 fully saturated rings. The lowest BCUT2D eigenvalue weighted by Gasteiger charge is -2.18. The average Bonchev–Trinajstić information content (AvgIpc) is 2.20. The first kappa shape index (κ1) is 11.4. The van der Waals surface area contributed by atoms with Gasteiger partial charge in [-0.2, -0.15) is 12.6 Å². The Morgan fingerprint density at radius 3 is 2.79 bits per heavy atom. The predicted molar refractivity (Wildman–Crippen MR) is 61.9 cm³/mol. The smallest absolute Gasteiger partial charge is 0.137 e. The molecule has 1 rings (SSSR count). The Morgan fingerprint density at radius 2 is 2.29 bits per heavy atom. The van der Waals surface area contributed by atoms with Gasteiger partial charge in [0, 0.05) is 12.1 Å². The van der Waals surface area contributed by atoms with Crippen molar-refractivity contribution in [1.29, 1.82) is 0 Å². The number of ether oxygens (including phenoxy) is 1. The fourth-order valence-electron chi connectivity index (χ4n) is 1.09. The van der Waals surface area contributed by atoms with E-state index in [1.54, 1.807) is 12.4 Å². The van der Waals surface area contributed by atoms with Gasteiger partial charge in [-0.05, 0) is 23.8 Å². The van der Waals surface area contributed by atoms with Gasteiger partial charge < -0.3 is 4.74 Å². The van der Waals surface area contributed by atoms with E-state index < -0.39 is 0 Å². The maximum Gasteiger partial charge on any atom is 0.137 e. The molecule has 1 aromatic heterocycles. The fourth-order valence-corrected chi connectivity index (χ4v) is 1.62. The summed E-state index contributed by atoms with van der Waals surface area (Å²) in [4.78, 5) is 3.99. The number of thiol groups is 1. The van der Waals surface area contributed by atoms with Crippen molar-refractivity contribution in [2.75, 3.05) is 12.4 Å². The first-order valence-corrected chi connectivity index (χ1v) is 5.51. The molecule has 0 aliphatic heterocycles. The number of rotatable bonds is 5. The van der Waals surface area contributed by atoms with Crippen molar-refractivity contribution in [2.45, 2.75) is 13.8 Å². The standard InChI is InChI=1S/C11H17NOS/c1-9(2)10(8-14)7-13-11-4-3-5-12-6-11/h3-6,9-10,14H,7-8H2,1-2H3. The minimum Gasteiger partial charge on any atom is -0.492 e. The van der Waals surface area contributed by atoms with Gasteiger partial charge in [-0.25, -0.2) is 0 Å². The summed E-state index contributed by atoms with van der Waals surface area (Å²) in [6, 6.07) is 3.79. The number of hydrogen-bond acceptors (Lipinski definition) is 3. The van der Waals surface area contributed by atoms with Crippen LogP contribution in [0, 0.1) is 11.8 Å². The maximum atomic E-state index is 5.61. The summed E-state index contributed by atoms with van der Waals surface area (Å²) < 4.78 is 5.61. The van der Waals surface area contributed by atoms with E-state index in [2.05, 4.69) is 31.5 Å². The summed E-state index contributed by atoms with van der Waals surface area (Å²) in [5.74, 6) is 2.79. The molecule has 0 saturated carbocycles. The lowest BCUT2D eigenvalue weighted by atomic mass is 9.99. The SMILES string of the molecule is CC(C)C(CS)COc1cccnc1. The van der Waals surface area contributed by atoms with Crippen LogP contribution in [-0.2, 0) is 0 Å². The van der Waals surface area contributed by atoms with Crippen molar-refractivity contribution in [1.82, 2.24) is 4.98 Å². The summed E-state index contributed by atoms with van der Waals surface area (Å²) >= 11 is 4.31.